The molecule has 1 atom stereocenters. The molecule has 0 spiro atoms. The molecule has 0 bridgehead atoms. The van der Waals surface area contributed by atoms with Crippen molar-refractivity contribution in [1.82, 2.24) is 10.7 Å². The summed E-state index contributed by atoms with van der Waals surface area (Å²) in [7, 11) is 1.53. The first-order valence-electron chi connectivity index (χ1n) is 10.5. The number of hydrogen-bond acceptors (Lipinski definition) is 5. The Morgan fingerprint density at radius 1 is 1.17 bits per heavy atom. The quantitative estimate of drug-likeness (QED) is 0.157. The Labute approximate surface area is 240 Å². The van der Waals surface area contributed by atoms with Crippen LogP contribution in [0, 0.1) is 3.57 Å². The summed E-state index contributed by atoms with van der Waals surface area (Å²) in [4.78, 5) is 24.8. The van der Waals surface area contributed by atoms with Gasteiger partial charge in [0.05, 0.1) is 22.5 Å². The number of hydrazone groups is 1. The summed E-state index contributed by atoms with van der Waals surface area (Å²) in [5.74, 6) is 0.208. The first-order valence-corrected chi connectivity index (χ1v) is 13.1. The van der Waals surface area contributed by atoms with E-state index < -0.39 is 11.9 Å². The molecule has 0 aromatic heterocycles. The van der Waals surface area contributed by atoms with Crippen molar-refractivity contribution < 1.29 is 19.1 Å². The van der Waals surface area contributed by atoms with Gasteiger partial charge < -0.3 is 14.8 Å². The van der Waals surface area contributed by atoms with Crippen LogP contribution >= 0.6 is 61.7 Å². The minimum atomic E-state index is -0.799. The number of amides is 2. The Hall–Kier alpha value is -2.34. The third kappa shape index (κ3) is 7.58. The molecule has 0 aliphatic rings. The Balaban J connectivity index is 1.62. The van der Waals surface area contributed by atoms with E-state index in [2.05, 4.69) is 54.4 Å². The number of halogens is 4. The van der Waals surface area contributed by atoms with Crippen LogP contribution in [0.1, 0.15) is 28.4 Å². The topological polar surface area (TPSA) is 89.0 Å². The molecular formula is C25H21BrCl2IN3O4. The van der Waals surface area contributed by atoms with Crippen molar-refractivity contribution in [1.29, 1.82) is 0 Å². The molecule has 3 aromatic carbocycles. The predicted molar refractivity (Wildman–Crippen MR) is 153 cm³/mol. The highest BCUT2D eigenvalue weighted by Gasteiger charge is 2.18. The van der Waals surface area contributed by atoms with Crippen LogP contribution in [-0.4, -0.2) is 31.2 Å². The fourth-order valence-electron chi connectivity index (χ4n) is 3.00. The number of ether oxygens (including phenoxy) is 2. The normalized spacial score (nSPS) is 11.7. The van der Waals surface area contributed by atoms with Crippen molar-refractivity contribution in [2.24, 2.45) is 5.10 Å². The molecule has 0 saturated heterocycles. The number of hydrogen-bond donors (Lipinski definition) is 2. The maximum Gasteiger partial charge on any atom is 0.262 e. The van der Waals surface area contributed by atoms with E-state index in [1.54, 1.807) is 55.5 Å². The maximum atomic E-state index is 12.4. The largest absolute Gasteiger partial charge is 0.493 e. The maximum absolute atomic E-state index is 12.4. The molecule has 11 heteroatoms. The molecule has 0 aliphatic heterocycles. The number of nitrogens with zero attached hydrogens (tertiary/aromatic N) is 1. The van der Waals surface area contributed by atoms with Gasteiger partial charge in [-0.2, -0.15) is 5.10 Å². The second-order valence-electron chi connectivity index (χ2n) is 7.47. The summed E-state index contributed by atoms with van der Waals surface area (Å²) < 4.78 is 12.9. The third-order valence-corrected chi connectivity index (χ3v) is 6.97. The van der Waals surface area contributed by atoms with E-state index in [0.717, 1.165) is 9.13 Å². The van der Waals surface area contributed by atoms with Crippen LogP contribution in [0.5, 0.6) is 11.5 Å². The molecule has 3 rings (SSSR count). The number of rotatable bonds is 9. The second-order valence-corrected chi connectivity index (χ2v) is 10.3. The number of nitrogens with one attached hydrogen (secondary N) is 2. The first kappa shape index (κ1) is 28.2. The fraction of sp³-hybridized carbons (Fsp3) is 0.160. The summed E-state index contributed by atoms with van der Waals surface area (Å²) in [6.07, 6.45) is 1.48. The highest BCUT2D eigenvalue weighted by Crippen LogP contribution is 2.35. The molecular weight excluding hydrogens is 684 g/mol. The van der Waals surface area contributed by atoms with Crippen LogP contribution < -0.4 is 20.2 Å². The van der Waals surface area contributed by atoms with Crippen molar-refractivity contribution in [2.75, 3.05) is 7.11 Å². The van der Waals surface area contributed by atoms with Gasteiger partial charge in [-0.25, -0.2) is 5.43 Å². The van der Waals surface area contributed by atoms with E-state index in [-0.39, 0.29) is 12.5 Å². The molecule has 2 amide bonds. The van der Waals surface area contributed by atoms with Crippen molar-refractivity contribution in [3.05, 3.63) is 89.4 Å². The number of benzene rings is 3. The van der Waals surface area contributed by atoms with E-state index >= 15 is 0 Å². The van der Waals surface area contributed by atoms with Crippen LogP contribution in [0.3, 0.4) is 0 Å². The lowest BCUT2D eigenvalue weighted by Gasteiger charge is -2.14. The van der Waals surface area contributed by atoms with Gasteiger partial charge >= 0.3 is 0 Å². The lowest BCUT2D eigenvalue weighted by molar-refractivity contribution is -0.122. The monoisotopic (exact) mass is 703 g/mol. The van der Waals surface area contributed by atoms with Gasteiger partial charge in [0.2, 0.25) is 0 Å². The zero-order chi connectivity index (χ0) is 26.2. The van der Waals surface area contributed by atoms with E-state index in [9.17, 15) is 9.59 Å². The number of methoxy groups -OCH3 is 1. The van der Waals surface area contributed by atoms with Crippen molar-refractivity contribution in [3.63, 3.8) is 0 Å². The molecule has 3 aromatic rings. The molecule has 188 valence electrons. The lowest BCUT2D eigenvalue weighted by Crippen LogP contribution is -2.43. The van der Waals surface area contributed by atoms with Crippen molar-refractivity contribution >= 4 is 79.8 Å². The zero-order valence-corrected chi connectivity index (χ0v) is 24.4. The Morgan fingerprint density at radius 2 is 1.92 bits per heavy atom. The highest BCUT2D eigenvalue weighted by atomic mass is 127. The van der Waals surface area contributed by atoms with Crippen LogP contribution in [0.4, 0.5) is 0 Å². The smallest absolute Gasteiger partial charge is 0.262 e. The van der Waals surface area contributed by atoms with Gasteiger partial charge in [0, 0.05) is 20.1 Å². The van der Waals surface area contributed by atoms with Gasteiger partial charge in [0.25, 0.3) is 11.8 Å². The predicted octanol–water partition coefficient (Wildman–Crippen LogP) is 6.22. The molecule has 0 radical (unpaired) electrons. The van der Waals surface area contributed by atoms with E-state index in [4.69, 9.17) is 32.7 Å². The molecule has 2 N–H and O–H groups in total. The highest BCUT2D eigenvalue weighted by molar-refractivity contribution is 14.1. The molecule has 7 nitrogen and oxygen atoms in total. The SMILES string of the molecule is COc1cc(C=NNC(=O)C(C)NC(=O)c2ccccc2Br)cc(I)c1OCc1ccc(Cl)cc1Cl. The Morgan fingerprint density at radius 3 is 2.61 bits per heavy atom. The van der Waals surface area contributed by atoms with E-state index in [0.29, 0.717) is 37.1 Å². The van der Waals surface area contributed by atoms with E-state index in [1.807, 2.05) is 6.07 Å². The Kier molecular flexibility index (Phi) is 10.4. The van der Waals surface area contributed by atoms with Gasteiger partial charge in [-0.15, -0.1) is 0 Å². The molecule has 0 aliphatic carbocycles. The lowest BCUT2D eigenvalue weighted by atomic mass is 10.2. The van der Waals surface area contributed by atoms with Crippen LogP contribution in [-0.2, 0) is 11.4 Å². The fourth-order valence-corrected chi connectivity index (χ4v) is 4.70. The second kappa shape index (κ2) is 13.3. The number of carbonyl (C=O) groups excluding carboxylic acids is 2. The van der Waals surface area contributed by atoms with Crippen LogP contribution in [0.15, 0.2) is 64.2 Å². The first-order chi connectivity index (χ1) is 17.2. The summed E-state index contributed by atoms with van der Waals surface area (Å²) in [6, 6.07) is 14.9. The van der Waals surface area contributed by atoms with Crippen LogP contribution in [0.2, 0.25) is 10.0 Å². The third-order valence-electron chi connectivity index (χ3n) is 4.89. The van der Waals surface area contributed by atoms with Crippen molar-refractivity contribution in [2.45, 2.75) is 19.6 Å². The average Bonchev–Trinajstić information content (AvgIpc) is 2.84. The molecule has 0 fully saturated rings. The van der Waals surface area contributed by atoms with E-state index in [1.165, 1.54) is 13.3 Å². The minimum Gasteiger partial charge on any atom is -0.493 e. The van der Waals surface area contributed by atoms with Gasteiger partial charge in [-0.3, -0.25) is 9.59 Å². The summed E-state index contributed by atoms with van der Waals surface area (Å²) in [5, 5.41) is 7.71. The summed E-state index contributed by atoms with van der Waals surface area (Å²) >= 11 is 17.6. The Bertz CT molecular complexity index is 1310. The summed E-state index contributed by atoms with van der Waals surface area (Å²) in [5.41, 5.74) is 4.33. The average molecular weight is 705 g/mol. The van der Waals surface area contributed by atoms with Gasteiger partial charge in [0.15, 0.2) is 11.5 Å². The summed E-state index contributed by atoms with van der Waals surface area (Å²) in [6.45, 7) is 1.81. The van der Waals surface area contributed by atoms with Gasteiger partial charge in [-0.05, 0) is 87.4 Å². The molecule has 36 heavy (non-hydrogen) atoms. The molecule has 1 unspecified atom stereocenters. The van der Waals surface area contributed by atoms with Gasteiger partial charge in [0.1, 0.15) is 12.6 Å². The molecule has 0 saturated carbocycles. The standard InChI is InChI=1S/C25H21BrCl2IN3O4/c1-14(31-25(34)18-5-3-4-6-19(18)26)24(33)32-30-12-15-9-21(29)23(22(10-15)35-2)36-13-16-7-8-17(27)11-20(16)28/h3-12,14H,13H2,1-2H3,(H,31,34)(H,32,33). The molecule has 0 heterocycles. The van der Waals surface area contributed by atoms with Crippen molar-refractivity contribution in [3.8, 4) is 11.5 Å². The zero-order valence-electron chi connectivity index (χ0n) is 19.2. The minimum absolute atomic E-state index is 0.231. The number of carbonyl (C=O) groups is 2. The van der Waals surface area contributed by atoms with Crippen LogP contribution in [0.25, 0.3) is 0 Å². The van der Waals surface area contributed by atoms with Gasteiger partial charge in [-0.1, -0.05) is 41.4 Å².